The molecular formula is C14H16N4O3S. The molecule has 7 nitrogen and oxygen atoms in total. The van der Waals surface area contributed by atoms with E-state index in [0.29, 0.717) is 18.1 Å². The average Bonchev–Trinajstić information content (AvgIpc) is 3.12. The first-order valence-corrected chi connectivity index (χ1v) is 8.80. The number of hydrogen-bond donors (Lipinski definition) is 2. The number of hydrogen-bond acceptors (Lipinski definition) is 5. The minimum absolute atomic E-state index is 0.0650. The van der Waals surface area contributed by atoms with Gasteiger partial charge in [-0.3, -0.25) is 9.89 Å². The van der Waals surface area contributed by atoms with Gasteiger partial charge in [0.05, 0.1) is 24.0 Å². The van der Waals surface area contributed by atoms with Crippen molar-refractivity contribution in [3.05, 3.63) is 36.2 Å². The van der Waals surface area contributed by atoms with Crippen LogP contribution in [0.5, 0.6) is 0 Å². The predicted molar refractivity (Wildman–Crippen MR) is 80.4 cm³/mol. The van der Waals surface area contributed by atoms with Crippen LogP contribution in [0.3, 0.4) is 0 Å². The van der Waals surface area contributed by atoms with Crippen LogP contribution in [0.15, 0.2) is 30.3 Å². The smallest absolute Gasteiger partial charge is 0.224 e. The first-order chi connectivity index (χ1) is 10.5. The molecule has 0 spiro atoms. The van der Waals surface area contributed by atoms with Gasteiger partial charge in [0.25, 0.3) is 0 Å². The summed E-state index contributed by atoms with van der Waals surface area (Å²) in [5.74, 6) is 0.414. The first-order valence-electron chi connectivity index (χ1n) is 6.98. The van der Waals surface area contributed by atoms with E-state index in [1.54, 1.807) is 0 Å². The molecule has 0 bridgehead atoms. The van der Waals surface area contributed by atoms with Gasteiger partial charge in [0.1, 0.15) is 5.82 Å². The summed E-state index contributed by atoms with van der Waals surface area (Å²) >= 11 is 0. The monoisotopic (exact) mass is 320 g/mol. The van der Waals surface area contributed by atoms with Crippen LogP contribution in [0.2, 0.25) is 0 Å². The number of carbonyl (C=O) groups is 1. The third kappa shape index (κ3) is 3.33. The summed E-state index contributed by atoms with van der Waals surface area (Å²) in [4.78, 5) is 16.3. The zero-order valence-corrected chi connectivity index (χ0v) is 12.6. The second-order valence-corrected chi connectivity index (χ2v) is 7.52. The highest BCUT2D eigenvalue weighted by Crippen LogP contribution is 2.18. The van der Waals surface area contributed by atoms with Gasteiger partial charge in [-0.25, -0.2) is 13.4 Å². The van der Waals surface area contributed by atoms with E-state index < -0.39 is 15.8 Å². The second kappa shape index (κ2) is 5.88. The van der Waals surface area contributed by atoms with Crippen LogP contribution in [-0.4, -0.2) is 41.0 Å². The standard InChI is InChI=1S/C14H16N4O3S/c19-14(11-6-7-22(20,21)9-11)15-8-12-16-13(18-17-12)10-4-2-1-3-5-10/h1-5,11H,6-9H2,(H,15,19)(H,16,17,18). The number of aromatic nitrogens is 3. The number of aromatic amines is 1. The Labute approximate surface area is 128 Å². The van der Waals surface area contributed by atoms with E-state index in [-0.39, 0.29) is 24.0 Å². The van der Waals surface area contributed by atoms with Crippen LogP contribution in [0.4, 0.5) is 0 Å². The van der Waals surface area contributed by atoms with E-state index in [4.69, 9.17) is 0 Å². The molecule has 1 aliphatic heterocycles. The van der Waals surface area contributed by atoms with Crippen molar-refractivity contribution in [3.8, 4) is 11.4 Å². The van der Waals surface area contributed by atoms with Gasteiger partial charge in [0, 0.05) is 5.56 Å². The van der Waals surface area contributed by atoms with Crippen molar-refractivity contribution in [1.82, 2.24) is 20.5 Å². The van der Waals surface area contributed by atoms with Crippen molar-refractivity contribution in [3.63, 3.8) is 0 Å². The quantitative estimate of drug-likeness (QED) is 0.854. The Hall–Kier alpha value is -2.22. The third-order valence-corrected chi connectivity index (χ3v) is 5.36. The van der Waals surface area contributed by atoms with Crippen LogP contribution >= 0.6 is 0 Å². The normalized spacial score (nSPS) is 19.9. The van der Waals surface area contributed by atoms with Crippen LogP contribution in [0.25, 0.3) is 11.4 Å². The van der Waals surface area contributed by atoms with Crippen molar-refractivity contribution < 1.29 is 13.2 Å². The Morgan fingerprint density at radius 2 is 2.09 bits per heavy atom. The predicted octanol–water partition coefficient (Wildman–Crippen LogP) is 0.523. The zero-order valence-electron chi connectivity index (χ0n) is 11.8. The Morgan fingerprint density at radius 1 is 1.32 bits per heavy atom. The summed E-state index contributed by atoms with van der Waals surface area (Å²) < 4.78 is 22.7. The molecule has 0 saturated carbocycles. The average molecular weight is 320 g/mol. The molecule has 1 unspecified atom stereocenters. The number of nitrogens with one attached hydrogen (secondary N) is 2. The molecule has 22 heavy (non-hydrogen) atoms. The van der Waals surface area contributed by atoms with E-state index in [1.807, 2.05) is 30.3 Å². The topological polar surface area (TPSA) is 105 Å². The largest absolute Gasteiger partial charge is 0.349 e. The molecule has 0 aliphatic carbocycles. The Bertz CT molecular complexity index is 770. The number of amides is 1. The van der Waals surface area contributed by atoms with Gasteiger partial charge < -0.3 is 5.32 Å². The summed E-state index contributed by atoms with van der Waals surface area (Å²) in [5, 5.41) is 9.58. The summed E-state index contributed by atoms with van der Waals surface area (Å²) in [6.45, 7) is 0.204. The molecule has 3 rings (SSSR count). The lowest BCUT2D eigenvalue weighted by atomic mass is 10.1. The lowest BCUT2D eigenvalue weighted by Crippen LogP contribution is -2.31. The van der Waals surface area contributed by atoms with Gasteiger partial charge >= 0.3 is 0 Å². The van der Waals surface area contributed by atoms with Crippen molar-refractivity contribution in [1.29, 1.82) is 0 Å². The minimum Gasteiger partial charge on any atom is -0.349 e. The SMILES string of the molecule is O=C(NCc1nc(-c2ccccc2)n[nH]1)C1CCS(=O)(=O)C1. The fraction of sp³-hybridized carbons (Fsp3) is 0.357. The molecule has 1 aliphatic rings. The molecule has 0 radical (unpaired) electrons. The summed E-state index contributed by atoms with van der Waals surface area (Å²) in [5.41, 5.74) is 0.887. The van der Waals surface area contributed by atoms with Crippen LogP contribution in [0, 0.1) is 5.92 Å². The number of rotatable bonds is 4. The highest BCUT2D eigenvalue weighted by atomic mass is 32.2. The Morgan fingerprint density at radius 3 is 2.77 bits per heavy atom. The van der Waals surface area contributed by atoms with Crippen LogP contribution in [-0.2, 0) is 21.2 Å². The molecule has 116 valence electrons. The third-order valence-electron chi connectivity index (χ3n) is 3.60. The Kier molecular flexibility index (Phi) is 3.93. The summed E-state index contributed by atoms with van der Waals surface area (Å²) in [6.07, 6.45) is 0.389. The first kappa shape index (κ1) is 14.7. The molecule has 8 heteroatoms. The van der Waals surface area contributed by atoms with E-state index in [9.17, 15) is 13.2 Å². The molecule has 1 fully saturated rings. The highest BCUT2D eigenvalue weighted by molar-refractivity contribution is 7.91. The number of nitrogens with zero attached hydrogens (tertiary/aromatic N) is 2. The van der Waals surface area contributed by atoms with Gasteiger partial charge in [-0.1, -0.05) is 30.3 Å². The van der Waals surface area contributed by atoms with E-state index >= 15 is 0 Å². The molecule has 1 amide bonds. The maximum Gasteiger partial charge on any atom is 0.224 e. The molecule has 1 saturated heterocycles. The van der Waals surface area contributed by atoms with E-state index in [0.717, 1.165) is 5.56 Å². The van der Waals surface area contributed by atoms with Gasteiger partial charge in [-0.15, -0.1) is 0 Å². The van der Waals surface area contributed by atoms with Crippen molar-refractivity contribution >= 4 is 15.7 Å². The maximum atomic E-state index is 11.9. The lowest BCUT2D eigenvalue weighted by molar-refractivity contribution is -0.124. The van der Waals surface area contributed by atoms with Gasteiger partial charge in [-0.2, -0.15) is 5.10 Å². The molecule has 2 heterocycles. The zero-order chi connectivity index (χ0) is 15.6. The minimum atomic E-state index is -3.05. The van der Waals surface area contributed by atoms with E-state index in [1.165, 1.54) is 0 Å². The maximum absolute atomic E-state index is 11.9. The Balaban J connectivity index is 1.59. The molecule has 1 aromatic carbocycles. The van der Waals surface area contributed by atoms with E-state index in [2.05, 4.69) is 20.5 Å². The second-order valence-electron chi connectivity index (χ2n) is 5.29. The van der Waals surface area contributed by atoms with Gasteiger partial charge in [0.2, 0.25) is 5.91 Å². The molecule has 2 N–H and O–H groups in total. The fourth-order valence-corrected chi connectivity index (χ4v) is 4.15. The van der Waals surface area contributed by atoms with Crippen LogP contribution < -0.4 is 5.32 Å². The number of sulfone groups is 1. The molecule has 2 aromatic rings. The number of carbonyl (C=O) groups excluding carboxylic acids is 1. The molecular weight excluding hydrogens is 304 g/mol. The molecule has 1 aromatic heterocycles. The lowest BCUT2D eigenvalue weighted by Gasteiger charge is -2.07. The van der Waals surface area contributed by atoms with Crippen molar-refractivity contribution in [2.45, 2.75) is 13.0 Å². The van der Waals surface area contributed by atoms with Crippen molar-refractivity contribution in [2.24, 2.45) is 5.92 Å². The number of H-pyrrole nitrogens is 1. The molecule has 1 atom stereocenters. The highest BCUT2D eigenvalue weighted by Gasteiger charge is 2.32. The van der Waals surface area contributed by atoms with Crippen LogP contribution in [0.1, 0.15) is 12.2 Å². The van der Waals surface area contributed by atoms with Gasteiger partial charge in [0.15, 0.2) is 15.7 Å². The van der Waals surface area contributed by atoms with Crippen molar-refractivity contribution in [2.75, 3.05) is 11.5 Å². The fourth-order valence-electron chi connectivity index (χ4n) is 2.41. The summed E-state index contributed by atoms with van der Waals surface area (Å²) in [6, 6.07) is 9.50. The summed E-state index contributed by atoms with van der Waals surface area (Å²) in [7, 11) is -3.05. The number of benzene rings is 1. The van der Waals surface area contributed by atoms with Gasteiger partial charge in [-0.05, 0) is 6.42 Å².